The maximum Gasteiger partial charge on any atom is 0.248 e. The Labute approximate surface area is 210 Å². The lowest BCUT2D eigenvalue weighted by molar-refractivity contribution is 0.626. The predicted octanol–water partition coefficient (Wildman–Crippen LogP) is 4.83. The summed E-state index contributed by atoms with van der Waals surface area (Å²) in [5, 5.41) is 9.24. The fourth-order valence-corrected chi connectivity index (χ4v) is 3.13. The van der Waals surface area contributed by atoms with E-state index in [1.807, 2.05) is 0 Å². The van der Waals surface area contributed by atoms with Gasteiger partial charge in [0.05, 0.1) is 0 Å². The largest absolute Gasteiger partial charge is 0.350 e. The van der Waals surface area contributed by atoms with E-state index in [-0.39, 0.29) is 40.4 Å². The highest BCUT2D eigenvalue weighted by Crippen LogP contribution is 2.13. The molecule has 0 aliphatic rings. The maximum absolute atomic E-state index is 13.2. The summed E-state index contributed by atoms with van der Waals surface area (Å²) in [5.41, 5.74) is 7.81. The van der Waals surface area contributed by atoms with Crippen molar-refractivity contribution in [3.05, 3.63) is 101 Å². The number of nitrogens with zero attached hydrogens (tertiary/aromatic N) is 3. The third-order valence-corrected chi connectivity index (χ3v) is 4.96. The van der Waals surface area contributed by atoms with Gasteiger partial charge in [-0.15, -0.1) is 0 Å². The summed E-state index contributed by atoms with van der Waals surface area (Å²) in [6.45, 7) is 0.693. The molecule has 3 aromatic carbocycles. The summed E-state index contributed by atoms with van der Waals surface area (Å²) in [4.78, 5) is 13.0. The lowest BCUT2D eigenvalue weighted by Crippen LogP contribution is -2.34. The smallest absolute Gasteiger partial charge is 0.248 e. The molecule has 12 heteroatoms. The van der Waals surface area contributed by atoms with Gasteiger partial charge >= 0.3 is 0 Å². The van der Waals surface area contributed by atoms with Crippen molar-refractivity contribution in [1.82, 2.24) is 20.4 Å². The Hall–Kier alpha value is -4.45. The number of hydrogen-bond acceptors (Lipinski definition) is 7. The monoisotopic (exact) mass is 510 g/mol. The van der Waals surface area contributed by atoms with Crippen LogP contribution in [0.2, 0.25) is 0 Å². The molecular formula is C24H21F3N8S. The zero-order valence-corrected chi connectivity index (χ0v) is 19.5. The van der Waals surface area contributed by atoms with E-state index < -0.39 is 0 Å². The fourth-order valence-electron chi connectivity index (χ4n) is 2.96. The van der Waals surface area contributed by atoms with Gasteiger partial charge in [-0.25, -0.2) is 13.2 Å². The molecule has 0 atom stereocenters. The molecule has 0 radical (unpaired) electrons. The van der Waals surface area contributed by atoms with Crippen molar-refractivity contribution in [3.8, 4) is 0 Å². The van der Waals surface area contributed by atoms with Crippen LogP contribution in [0.4, 0.5) is 36.7 Å². The summed E-state index contributed by atoms with van der Waals surface area (Å²) < 4.78 is 39.4. The number of thiocarbonyl (C=S) groups is 1. The summed E-state index contributed by atoms with van der Waals surface area (Å²) in [6, 6.07) is 17.8. The fraction of sp³-hybridized carbons (Fsp3) is 0.0833. The molecule has 8 nitrogen and oxygen atoms in total. The molecule has 0 saturated heterocycles. The van der Waals surface area contributed by atoms with Crippen LogP contribution in [0.5, 0.6) is 0 Å². The van der Waals surface area contributed by atoms with E-state index in [1.54, 1.807) is 36.4 Å². The van der Waals surface area contributed by atoms with Gasteiger partial charge in [-0.05, 0) is 71.9 Å². The number of nitrogens with one attached hydrogen (secondary N) is 5. The SMILES string of the molecule is Fc1ccc(CNc2nc(NCc3ccc(F)cc3)nc(NNC(=S)Nc3ccc(F)cc3)n2)cc1. The van der Waals surface area contributed by atoms with Gasteiger partial charge in [0.25, 0.3) is 0 Å². The Morgan fingerprint density at radius 2 is 1.03 bits per heavy atom. The predicted molar refractivity (Wildman–Crippen MR) is 137 cm³/mol. The van der Waals surface area contributed by atoms with Crippen LogP contribution in [0.1, 0.15) is 11.1 Å². The Balaban J connectivity index is 1.43. The van der Waals surface area contributed by atoms with Crippen LogP contribution < -0.4 is 26.8 Å². The first kappa shape index (κ1) is 24.7. The molecule has 0 saturated carbocycles. The number of hydrazine groups is 1. The molecule has 0 amide bonds. The molecule has 0 unspecified atom stereocenters. The van der Waals surface area contributed by atoms with Gasteiger partial charge in [-0.2, -0.15) is 15.0 Å². The molecule has 0 aliphatic heterocycles. The summed E-state index contributed by atoms with van der Waals surface area (Å²) in [6.07, 6.45) is 0. The molecule has 0 aliphatic carbocycles. The number of rotatable bonds is 9. The van der Waals surface area contributed by atoms with E-state index >= 15 is 0 Å². The van der Waals surface area contributed by atoms with Crippen LogP contribution in [0.15, 0.2) is 72.8 Å². The molecule has 5 N–H and O–H groups in total. The number of halogens is 3. The molecule has 0 bridgehead atoms. The molecular weight excluding hydrogens is 489 g/mol. The first-order chi connectivity index (χ1) is 17.4. The highest BCUT2D eigenvalue weighted by molar-refractivity contribution is 7.80. The number of anilines is 4. The minimum atomic E-state index is -0.357. The van der Waals surface area contributed by atoms with Gasteiger partial charge in [0, 0.05) is 18.8 Å². The van der Waals surface area contributed by atoms with Crippen molar-refractivity contribution in [2.45, 2.75) is 13.1 Å². The lowest BCUT2D eigenvalue weighted by atomic mass is 10.2. The van der Waals surface area contributed by atoms with Gasteiger partial charge in [0.2, 0.25) is 17.8 Å². The van der Waals surface area contributed by atoms with Crippen LogP contribution in [0, 0.1) is 17.5 Å². The molecule has 1 aromatic heterocycles. The molecule has 36 heavy (non-hydrogen) atoms. The Kier molecular flexibility index (Phi) is 8.08. The topological polar surface area (TPSA) is 98.8 Å². The van der Waals surface area contributed by atoms with Gasteiger partial charge < -0.3 is 16.0 Å². The highest BCUT2D eigenvalue weighted by Gasteiger charge is 2.08. The van der Waals surface area contributed by atoms with Crippen LogP contribution in [0.3, 0.4) is 0 Å². The van der Waals surface area contributed by atoms with E-state index in [9.17, 15) is 13.2 Å². The molecule has 0 spiro atoms. The van der Waals surface area contributed by atoms with Crippen molar-refractivity contribution in [2.24, 2.45) is 0 Å². The number of aromatic nitrogens is 3. The van der Waals surface area contributed by atoms with E-state index in [2.05, 4.69) is 41.8 Å². The molecule has 0 fully saturated rings. The third-order valence-electron chi connectivity index (χ3n) is 4.75. The average molecular weight is 511 g/mol. The highest BCUT2D eigenvalue weighted by atomic mass is 32.1. The van der Waals surface area contributed by atoms with E-state index in [0.717, 1.165) is 11.1 Å². The summed E-state index contributed by atoms with van der Waals surface area (Å²) >= 11 is 5.24. The Bertz CT molecular complexity index is 1240. The van der Waals surface area contributed by atoms with Crippen LogP contribution in [-0.2, 0) is 13.1 Å². The zero-order valence-electron chi connectivity index (χ0n) is 18.7. The number of hydrogen-bond donors (Lipinski definition) is 5. The summed E-state index contributed by atoms with van der Waals surface area (Å²) in [5.74, 6) is -0.362. The van der Waals surface area contributed by atoms with Gasteiger partial charge in [0.1, 0.15) is 17.5 Å². The van der Waals surface area contributed by atoms with E-state index in [1.165, 1.54) is 36.4 Å². The van der Waals surface area contributed by atoms with Gasteiger partial charge in [0.15, 0.2) is 5.11 Å². The van der Waals surface area contributed by atoms with Crippen molar-refractivity contribution >= 4 is 40.9 Å². The minimum Gasteiger partial charge on any atom is -0.350 e. The van der Waals surface area contributed by atoms with Crippen molar-refractivity contribution in [3.63, 3.8) is 0 Å². The maximum atomic E-state index is 13.2. The van der Waals surface area contributed by atoms with Crippen molar-refractivity contribution in [1.29, 1.82) is 0 Å². The van der Waals surface area contributed by atoms with Crippen LogP contribution >= 0.6 is 12.2 Å². The number of benzene rings is 3. The van der Waals surface area contributed by atoms with Gasteiger partial charge in [-0.3, -0.25) is 10.9 Å². The van der Waals surface area contributed by atoms with Crippen LogP contribution in [0.25, 0.3) is 0 Å². The molecule has 1 heterocycles. The van der Waals surface area contributed by atoms with Crippen molar-refractivity contribution in [2.75, 3.05) is 21.4 Å². The lowest BCUT2D eigenvalue weighted by Gasteiger charge is -2.14. The second-order valence-electron chi connectivity index (χ2n) is 7.48. The molecule has 4 rings (SSSR count). The quantitative estimate of drug-likeness (QED) is 0.160. The normalized spacial score (nSPS) is 10.4. The van der Waals surface area contributed by atoms with E-state index in [0.29, 0.717) is 18.8 Å². The Morgan fingerprint density at radius 1 is 0.611 bits per heavy atom. The Morgan fingerprint density at radius 3 is 1.50 bits per heavy atom. The summed E-state index contributed by atoms with van der Waals surface area (Å²) in [7, 11) is 0. The standard InChI is InChI=1S/C24H21F3N8S/c25-17-5-1-15(2-6-17)13-28-21-31-22(29-14-16-3-7-18(26)8-4-16)33-23(32-21)34-35-24(36)30-20-11-9-19(27)10-12-20/h1-12H,13-14H2,(H2,30,35,36)(H3,28,29,31,32,33,34). The van der Waals surface area contributed by atoms with Crippen molar-refractivity contribution < 1.29 is 13.2 Å². The second-order valence-corrected chi connectivity index (χ2v) is 7.89. The van der Waals surface area contributed by atoms with Gasteiger partial charge in [-0.1, -0.05) is 24.3 Å². The van der Waals surface area contributed by atoms with Crippen LogP contribution in [-0.4, -0.2) is 20.1 Å². The average Bonchev–Trinajstić information content (AvgIpc) is 2.88. The first-order valence-electron chi connectivity index (χ1n) is 10.7. The molecule has 4 aromatic rings. The third kappa shape index (κ3) is 7.53. The first-order valence-corrected chi connectivity index (χ1v) is 11.1. The zero-order chi connectivity index (χ0) is 25.3. The second kappa shape index (κ2) is 11.8. The molecule has 184 valence electrons. The van der Waals surface area contributed by atoms with E-state index in [4.69, 9.17) is 12.2 Å². The minimum absolute atomic E-state index is 0.150.